The normalized spacial score (nSPS) is 15.0. The summed E-state index contributed by atoms with van der Waals surface area (Å²) >= 11 is 0. The van der Waals surface area contributed by atoms with Crippen LogP contribution in [0.5, 0.6) is 11.5 Å². The number of hydrogen-bond acceptors (Lipinski definition) is 7. The first-order valence-corrected chi connectivity index (χ1v) is 15.6. The third-order valence-electron chi connectivity index (χ3n) is 7.86. The SMILES string of the molecule is CC(/C=C(\C#N)C1=[N+](CCC(=O)O)c2ccc(OC(F)(F)F)cc2C1(C)C)=C\C(C#N)=C(/C(C)C)N(CCC(=O)O)c1ccc(OC(F)(F)F)cc1. The molecule has 0 saturated carbocycles. The number of carboxylic acids is 2. The fourth-order valence-electron chi connectivity index (χ4n) is 5.96. The summed E-state index contributed by atoms with van der Waals surface area (Å²) in [6, 6.07) is 12.5. The van der Waals surface area contributed by atoms with Crippen molar-refractivity contribution in [3.05, 3.63) is 82.6 Å². The van der Waals surface area contributed by atoms with Gasteiger partial charge < -0.3 is 24.6 Å². The predicted molar refractivity (Wildman–Crippen MR) is 176 cm³/mol. The first-order valence-electron chi connectivity index (χ1n) is 15.6. The Balaban J connectivity index is 2.20. The number of alkyl halides is 6. The number of aliphatic carboxylic acids is 2. The van der Waals surface area contributed by atoms with Crippen LogP contribution in [0.4, 0.5) is 37.7 Å². The minimum Gasteiger partial charge on any atom is -0.481 e. The summed E-state index contributed by atoms with van der Waals surface area (Å²) < 4.78 is 87.0. The smallest absolute Gasteiger partial charge is 0.481 e. The molecular weight excluding hydrogens is 698 g/mol. The fraction of sp³-hybridized carbons (Fsp3) is 0.361. The summed E-state index contributed by atoms with van der Waals surface area (Å²) in [5.74, 6) is -3.77. The van der Waals surface area contributed by atoms with E-state index in [2.05, 4.69) is 21.6 Å². The molecule has 276 valence electrons. The second-order valence-electron chi connectivity index (χ2n) is 12.5. The number of anilines is 1. The van der Waals surface area contributed by atoms with Gasteiger partial charge in [0.1, 0.15) is 35.6 Å². The van der Waals surface area contributed by atoms with Gasteiger partial charge in [0, 0.05) is 29.6 Å². The summed E-state index contributed by atoms with van der Waals surface area (Å²) in [6.45, 7) is 8.05. The van der Waals surface area contributed by atoms with Crippen LogP contribution in [0, 0.1) is 28.6 Å². The van der Waals surface area contributed by atoms with Gasteiger partial charge in [-0.3, -0.25) is 9.59 Å². The van der Waals surface area contributed by atoms with Crippen molar-refractivity contribution in [2.75, 3.05) is 18.0 Å². The number of carboxylic acid groups (broad SMARTS) is 2. The summed E-state index contributed by atoms with van der Waals surface area (Å²) in [6.07, 6.45) is -7.81. The lowest BCUT2D eigenvalue weighted by Gasteiger charge is -2.30. The number of allylic oxidation sites excluding steroid dienone is 6. The molecule has 0 fully saturated rings. The highest BCUT2D eigenvalue weighted by molar-refractivity contribution is 6.10. The highest BCUT2D eigenvalue weighted by Crippen LogP contribution is 2.44. The first kappa shape index (κ1) is 40.7. The van der Waals surface area contributed by atoms with Gasteiger partial charge in [0.15, 0.2) is 6.54 Å². The van der Waals surface area contributed by atoms with Crippen LogP contribution in [0.2, 0.25) is 0 Å². The number of carbonyl (C=O) groups is 2. The number of ether oxygens (including phenoxy) is 2. The molecule has 2 aromatic carbocycles. The highest BCUT2D eigenvalue weighted by atomic mass is 19.4. The second kappa shape index (κ2) is 16.1. The van der Waals surface area contributed by atoms with E-state index in [-0.39, 0.29) is 36.3 Å². The Labute approximate surface area is 295 Å². The zero-order valence-electron chi connectivity index (χ0n) is 28.7. The molecule has 1 heterocycles. The maximum Gasteiger partial charge on any atom is 0.573 e. The summed E-state index contributed by atoms with van der Waals surface area (Å²) in [4.78, 5) is 24.6. The number of nitrogens with zero attached hydrogens (tertiary/aromatic N) is 4. The Hall–Kier alpha value is -5.77. The zero-order valence-corrected chi connectivity index (χ0v) is 28.7. The van der Waals surface area contributed by atoms with Crippen LogP contribution in [-0.4, -0.2) is 58.3 Å². The molecule has 0 atom stereocenters. The first-order chi connectivity index (χ1) is 24.1. The van der Waals surface area contributed by atoms with E-state index < -0.39 is 53.9 Å². The van der Waals surface area contributed by atoms with Crippen molar-refractivity contribution in [3.8, 4) is 23.6 Å². The molecule has 2 aromatic rings. The predicted octanol–water partition coefficient (Wildman–Crippen LogP) is 8.15. The maximum absolute atomic E-state index is 13.1. The van der Waals surface area contributed by atoms with E-state index in [0.29, 0.717) is 28.2 Å². The van der Waals surface area contributed by atoms with Crippen LogP contribution in [0.1, 0.15) is 53.0 Å². The van der Waals surface area contributed by atoms with E-state index in [1.807, 2.05) is 0 Å². The molecule has 16 heteroatoms. The van der Waals surface area contributed by atoms with Gasteiger partial charge in [0.2, 0.25) is 11.4 Å². The van der Waals surface area contributed by atoms with Crippen molar-refractivity contribution in [2.24, 2.45) is 5.92 Å². The van der Waals surface area contributed by atoms with Crippen LogP contribution in [0.3, 0.4) is 0 Å². The molecule has 1 aliphatic heterocycles. The van der Waals surface area contributed by atoms with E-state index in [1.54, 1.807) is 39.2 Å². The van der Waals surface area contributed by atoms with Gasteiger partial charge in [-0.25, -0.2) is 0 Å². The van der Waals surface area contributed by atoms with Gasteiger partial charge in [-0.2, -0.15) is 15.1 Å². The Bertz CT molecular complexity index is 1910. The Kier molecular flexibility index (Phi) is 12.6. The van der Waals surface area contributed by atoms with E-state index in [4.69, 9.17) is 0 Å². The third-order valence-corrected chi connectivity index (χ3v) is 7.86. The Morgan fingerprint density at radius 3 is 1.96 bits per heavy atom. The van der Waals surface area contributed by atoms with Crippen molar-refractivity contribution in [1.29, 1.82) is 10.5 Å². The summed E-state index contributed by atoms with van der Waals surface area (Å²) in [5, 5.41) is 39.6. The van der Waals surface area contributed by atoms with Gasteiger partial charge in [-0.15, -0.1) is 26.3 Å². The number of rotatable bonds is 14. The van der Waals surface area contributed by atoms with Gasteiger partial charge in [0.05, 0.1) is 17.4 Å². The van der Waals surface area contributed by atoms with Crippen molar-refractivity contribution in [2.45, 2.75) is 65.6 Å². The number of fused-ring (bicyclic) bond motifs is 1. The van der Waals surface area contributed by atoms with E-state index in [0.717, 1.165) is 18.2 Å². The number of benzene rings is 2. The molecule has 0 bridgehead atoms. The maximum atomic E-state index is 13.1. The van der Waals surface area contributed by atoms with E-state index in [9.17, 15) is 56.7 Å². The molecule has 0 unspecified atom stereocenters. The van der Waals surface area contributed by atoms with Crippen LogP contribution < -0.4 is 14.4 Å². The minimum absolute atomic E-state index is 0.0185. The Morgan fingerprint density at radius 2 is 1.46 bits per heavy atom. The minimum atomic E-state index is -4.97. The average Bonchev–Trinajstić information content (AvgIpc) is 3.23. The topological polar surface area (TPSA) is 147 Å². The third kappa shape index (κ3) is 10.4. The number of nitriles is 2. The molecule has 0 aromatic heterocycles. The molecule has 10 nitrogen and oxygen atoms in total. The molecule has 52 heavy (non-hydrogen) atoms. The van der Waals surface area contributed by atoms with Crippen molar-refractivity contribution < 1.29 is 60.2 Å². The average molecular weight is 734 g/mol. The van der Waals surface area contributed by atoms with Crippen LogP contribution >= 0.6 is 0 Å². The molecular formula is C36H35F6N4O6+. The molecule has 0 aliphatic carbocycles. The lowest BCUT2D eigenvalue weighted by Crippen LogP contribution is -2.31. The molecule has 0 saturated heterocycles. The lowest BCUT2D eigenvalue weighted by atomic mass is 9.78. The monoisotopic (exact) mass is 733 g/mol. The largest absolute Gasteiger partial charge is 0.573 e. The quantitative estimate of drug-likeness (QED) is 0.0850. The van der Waals surface area contributed by atoms with Crippen molar-refractivity contribution >= 4 is 29.0 Å². The fourth-order valence-corrected chi connectivity index (χ4v) is 5.96. The van der Waals surface area contributed by atoms with Crippen LogP contribution in [0.15, 0.2) is 77.0 Å². The Morgan fingerprint density at radius 1 is 0.904 bits per heavy atom. The van der Waals surface area contributed by atoms with E-state index >= 15 is 0 Å². The van der Waals surface area contributed by atoms with Crippen LogP contribution in [0.25, 0.3) is 0 Å². The zero-order chi connectivity index (χ0) is 39.2. The highest BCUT2D eigenvalue weighted by Gasteiger charge is 2.48. The van der Waals surface area contributed by atoms with Gasteiger partial charge in [-0.1, -0.05) is 13.8 Å². The molecule has 0 radical (unpaired) electrons. The van der Waals surface area contributed by atoms with Crippen LogP contribution in [-0.2, 0) is 15.0 Å². The summed E-state index contributed by atoms with van der Waals surface area (Å²) in [7, 11) is 0. The molecule has 0 amide bonds. The summed E-state index contributed by atoms with van der Waals surface area (Å²) in [5.41, 5.74) is 0.875. The van der Waals surface area contributed by atoms with Gasteiger partial charge in [-0.05, 0) is 80.8 Å². The number of halogens is 6. The molecule has 0 spiro atoms. The van der Waals surface area contributed by atoms with Gasteiger partial charge >= 0.3 is 24.7 Å². The van der Waals surface area contributed by atoms with Crippen molar-refractivity contribution in [3.63, 3.8) is 0 Å². The standard InChI is InChI=1S/C36H34F6N4O6/c1-21(2)32(45(14-12-30(47)48)25-6-8-26(9-7-25)51-35(37,38)39)23(19-43)16-22(3)17-24(20-44)33-34(4,5)28-18-27(52-36(40,41)42)10-11-29(28)46(33)15-13-31(49)50/h6-11,16-18,21H,12-15H2,1-5H3,(H-,47,48,49,50)/p+1. The molecule has 2 N–H and O–H groups in total. The molecule has 3 rings (SSSR count). The van der Waals surface area contributed by atoms with Gasteiger partial charge in [0.25, 0.3) is 0 Å². The second-order valence-corrected chi connectivity index (χ2v) is 12.5. The number of hydrogen-bond donors (Lipinski definition) is 2. The van der Waals surface area contributed by atoms with E-state index in [1.165, 1.54) is 41.3 Å². The van der Waals surface area contributed by atoms with Crippen molar-refractivity contribution in [1.82, 2.24) is 0 Å². The molecule has 1 aliphatic rings. The lowest BCUT2D eigenvalue weighted by molar-refractivity contribution is -0.437.